The van der Waals surface area contributed by atoms with Gasteiger partial charge in [0.1, 0.15) is 0 Å². The van der Waals surface area contributed by atoms with Gasteiger partial charge < -0.3 is 0 Å². The summed E-state index contributed by atoms with van der Waals surface area (Å²) in [5.74, 6) is 0. The standard InChI is InChI=1S/C6H11NS/c1-2-4-6-8-7-5-3-1/h4,6-7H,1-3,5H2. The Morgan fingerprint density at radius 2 is 2.38 bits per heavy atom. The van der Waals surface area contributed by atoms with Crippen LogP contribution in [0.1, 0.15) is 19.3 Å². The van der Waals surface area contributed by atoms with Gasteiger partial charge in [-0.1, -0.05) is 18.0 Å². The molecule has 0 aromatic rings. The van der Waals surface area contributed by atoms with Crippen molar-refractivity contribution in [1.29, 1.82) is 0 Å². The summed E-state index contributed by atoms with van der Waals surface area (Å²) in [6, 6.07) is 0. The summed E-state index contributed by atoms with van der Waals surface area (Å²) in [4.78, 5) is 0. The molecule has 46 valence electrons. The summed E-state index contributed by atoms with van der Waals surface area (Å²) >= 11 is 1.70. The predicted molar refractivity (Wildman–Crippen MR) is 38.6 cm³/mol. The molecule has 0 amide bonds. The largest absolute Gasteiger partial charge is 0.260 e. The maximum Gasteiger partial charge on any atom is 0.00617 e. The quantitative estimate of drug-likeness (QED) is 0.501. The van der Waals surface area contributed by atoms with E-state index in [0.717, 1.165) is 6.54 Å². The number of allylic oxidation sites excluding steroid dienone is 1. The summed E-state index contributed by atoms with van der Waals surface area (Å²) in [5.41, 5.74) is 0. The summed E-state index contributed by atoms with van der Waals surface area (Å²) < 4.78 is 3.22. The van der Waals surface area contributed by atoms with E-state index in [1.165, 1.54) is 19.3 Å². The number of rotatable bonds is 0. The third-order valence-electron chi connectivity index (χ3n) is 1.15. The first-order valence-corrected chi connectivity index (χ1v) is 3.91. The Morgan fingerprint density at radius 1 is 1.38 bits per heavy atom. The van der Waals surface area contributed by atoms with Gasteiger partial charge in [0.2, 0.25) is 0 Å². The zero-order valence-corrected chi connectivity index (χ0v) is 5.71. The molecule has 1 aliphatic rings. The summed E-state index contributed by atoms with van der Waals surface area (Å²) in [5, 5.41) is 2.12. The molecule has 0 aromatic carbocycles. The zero-order valence-electron chi connectivity index (χ0n) is 4.89. The zero-order chi connectivity index (χ0) is 5.66. The second-order valence-electron chi connectivity index (χ2n) is 1.88. The van der Waals surface area contributed by atoms with Gasteiger partial charge in [-0.25, -0.2) is 0 Å². The molecule has 0 atom stereocenters. The third kappa shape index (κ3) is 2.38. The summed E-state index contributed by atoms with van der Waals surface area (Å²) in [7, 11) is 0. The Labute approximate surface area is 54.7 Å². The molecule has 0 saturated heterocycles. The maximum atomic E-state index is 3.22. The summed E-state index contributed by atoms with van der Waals surface area (Å²) in [6.45, 7) is 1.16. The Morgan fingerprint density at radius 3 is 3.38 bits per heavy atom. The molecular weight excluding hydrogens is 118 g/mol. The van der Waals surface area contributed by atoms with Crippen molar-refractivity contribution in [3.63, 3.8) is 0 Å². The van der Waals surface area contributed by atoms with Crippen LogP contribution in [-0.2, 0) is 0 Å². The van der Waals surface area contributed by atoms with Gasteiger partial charge in [-0.3, -0.25) is 4.72 Å². The Hall–Kier alpha value is 0.0500. The van der Waals surface area contributed by atoms with E-state index in [-0.39, 0.29) is 0 Å². The molecule has 0 fully saturated rings. The van der Waals surface area contributed by atoms with Gasteiger partial charge in [-0.2, -0.15) is 0 Å². The van der Waals surface area contributed by atoms with Crippen LogP contribution in [0.2, 0.25) is 0 Å². The molecule has 0 radical (unpaired) electrons. The molecule has 2 heteroatoms. The highest BCUT2D eigenvalue weighted by atomic mass is 32.2. The number of nitrogens with one attached hydrogen (secondary N) is 1. The lowest BCUT2D eigenvalue weighted by Crippen LogP contribution is -2.04. The van der Waals surface area contributed by atoms with Crippen LogP contribution >= 0.6 is 11.9 Å². The third-order valence-corrected chi connectivity index (χ3v) is 1.85. The molecule has 0 spiro atoms. The van der Waals surface area contributed by atoms with Crippen LogP contribution in [0, 0.1) is 0 Å². The monoisotopic (exact) mass is 129 g/mol. The molecule has 0 aliphatic carbocycles. The van der Waals surface area contributed by atoms with Gasteiger partial charge in [-0.15, -0.1) is 0 Å². The fourth-order valence-electron chi connectivity index (χ4n) is 0.683. The van der Waals surface area contributed by atoms with Crippen LogP contribution in [-0.4, -0.2) is 6.54 Å². The minimum atomic E-state index is 1.16. The molecule has 1 rings (SSSR count). The highest BCUT2D eigenvalue weighted by Gasteiger charge is 1.88. The summed E-state index contributed by atoms with van der Waals surface area (Å²) in [6.07, 6.45) is 6.13. The fraction of sp³-hybridized carbons (Fsp3) is 0.667. The lowest BCUT2D eigenvalue weighted by molar-refractivity contribution is 0.733. The highest BCUT2D eigenvalue weighted by molar-refractivity contribution is 8.00. The van der Waals surface area contributed by atoms with E-state index in [4.69, 9.17) is 0 Å². The Bertz CT molecular complexity index is 70.6. The van der Waals surface area contributed by atoms with Crippen molar-refractivity contribution in [3.05, 3.63) is 11.5 Å². The molecule has 1 N–H and O–H groups in total. The van der Waals surface area contributed by atoms with Crippen LogP contribution < -0.4 is 4.72 Å². The van der Waals surface area contributed by atoms with Crippen LogP contribution in [0.4, 0.5) is 0 Å². The van der Waals surface area contributed by atoms with E-state index in [1.807, 2.05) is 0 Å². The first-order chi connectivity index (χ1) is 4.00. The second kappa shape index (κ2) is 3.98. The van der Waals surface area contributed by atoms with Crippen LogP contribution in [0.3, 0.4) is 0 Å². The molecule has 0 aromatic heterocycles. The Balaban J connectivity index is 2.17. The molecule has 0 bridgehead atoms. The van der Waals surface area contributed by atoms with E-state index in [1.54, 1.807) is 11.9 Å². The van der Waals surface area contributed by atoms with Gasteiger partial charge in [0, 0.05) is 6.54 Å². The van der Waals surface area contributed by atoms with Crippen molar-refractivity contribution >= 4 is 11.9 Å². The van der Waals surface area contributed by atoms with E-state index in [0.29, 0.717) is 0 Å². The van der Waals surface area contributed by atoms with Gasteiger partial charge in [0.15, 0.2) is 0 Å². The van der Waals surface area contributed by atoms with Gasteiger partial charge in [0.25, 0.3) is 0 Å². The van der Waals surface area contributed by atoms with Crippen molar-refractivity contribution in [2.45, 2.75) is 19.3 Å². The minimum Gasteiger partial charge on any atom is -0.260 e. The van der Waals surface area contributed by atoms with Crippen molar-refractivity contribution in [2.75, 3.05) is 6.54 Å². The number of hydrogen-bond acceptors (Lipinski definition) is 2. The number of hydrogen-bond donors (Lipinski definition) is 1. The van der Waals surface area contributed by atoms with E-state index < -0.39 is 0 Å². The molecule has 1 aliphatic heterocycles. The van der Waals surface area contributed by atoms with Gasteiger partial charge in [-0.05, 0) is 24.7 Å². The van der Waals surface area contributed by atoms with E-state index in [9.17, 15) is 0 Å². The predicted octanol–water partition coefficient (Wildman–Crippen LogP) is 1.92. The van der Waals surface area contributed by atoms with Crippen molar-refractivity contribution < 1.29 is 0 Å². The van der Waals surface area contributed by atoms with E-state index >= 15 is 0 Å². The second-order valence-corrected chi connectivity index (χ2v) is 2.68. The molecule has 0 unspecified atom stereocenters. The maximum absolute atomic E-state index is 3.22. The lowest BCUT2D eigenvalue weighted by Gasteiger charge is -2.01. The smallest absolute Gasteiger partial charge is 0.00617 e. The van der Waals surface area contributed by atoms with Crippen LogP contribution in [0.15, 0.2) is 11.5 Å². The topological polar surface area (TPSA) is 12.0 Å². The van der Waals surface area contributed by atoms with Crippen molar-refractivity contribution in [3.8, 4) is 0 Å². The molecule has 1 heterocycles. The first-order valence-electron chi connectivity index (χ1n) is 3.03. The fourth-order valence-corrected chi connectivity index (χ4v) is 1.27. The lowest BCUT2D eigenvalue weighted by atomic mass is 10.2. The van der Waals surface area contributed by atoms with Crippen LogP contribution in [0.25, 0.3) is 0 Å². The normalized spacial score (nSPS) is 22.0. The first kappa shape index (κ1) is 6.17. The average Bonchev–Trinajstić information content (AvgIpc) is 1.62. The SMILES string of the molecule is C1=CSNCCCC1. The van der Waals surface area contributed by atoms with Gasteiger partial charge >= 0.3 is 0 Å². The van der Waals surface area contributed by atoms with Crippen molar-refractivity contribution in [1.82, 2.24) is 4.72 Å². The van der Waals surface area contributed by atoms with Crippen molar-refractivity contribution in [2.24, 2.45) is 0 Å². The molecule has 1 nitrogen and oxygen atoms in total. The van der Waals surface area contributed by atoms with Gasteiger partial charge in [0.05, 0.1) is 0 Å². The van der Waals surface area contributed by atoms with E-state index in [2.05, 4.69) is 16.2 Å². The average molecular weight is 129 g/mol. The molecule has 8 heavy (non-hydrogen) atoms. The van der Waals surface area contributed by atoms with Crippen LogP contribution in [0.5, 0.6) is 0 Å². The Kier molecular flexibility index (Phi) is 3.07. The molecule has 0 saturated carbocycles. The molecular formula is C6H11NS. The minimum absolute atomic E-state index is 1.16. The highest BCUT2D eigenvalue weighted by Crippen LogP contribution is 2.05.